The molecule has 0 saturated carbocycles. The van der Waals surface area contributed by atoms with Gasteiger partial charge in [0.15, 0.2) is 0 Å². The van der Waals surface area contributed by atoms with E-state index in [0.717, 1.165) is 167 Å². The van der Waals surface area contributed by atoms with Crippen LogP contribution in [0.25, 0.3) is 0 Å². The fraction of sp³-hybridized carbons (Fsp3) is 0.906. The summed E-state index contributed by atoms with van der Waals surface area (Å²) in [7, 11) is -9.65. The minimum Gasteiger partial charge on any atom is -1.00 e. The fourth-order valence-electron chi connectivity index (χ4n) is 13.0. The Labute approximate surface area is 732 Å². The Bertz CT molecular complexity index is 2270. The van der Waals surface area contributed by atoms with Crippen LogP contribution in [0.1, 0.15) is 410 Å². The van der Waals surface area contributed by atoms with Crippen LogP contribution in [0.15, 0.2) is 0 Å². The molecule has 4 amide bonds. The number of carbonyl (C=O) groups is 8. The van der Waals surface area contributed by atoms with Crippen LogP contribution in [-0.4, -0.2) is 147 Å². The molecule has 24 nitrogen and oxygen atoms in total. The second-order valence-electron chi connectivity index (χ2n) is 30.7. The molecule has 0 aliphatic heterocycles. The molecule has 6 atom stereocenters. The van der Waals surface area contributed by atoms with Crippen molar-refractivity contribution in [3.63, 3.8) is 0 Å². The standard InChI is InChI=1S/C85H162N4O20P2.2Na.2H/c1-7-13-19-25-29-33-37-43-47-53-76(90)67-82(94)88-74(70-102-63-59-78(55-49-41-23-17-11-5)108-84(96)57-51-45-39-35-31-27-21-15-9-3)72-106-110(98,99)104-65-61-86-80(92)69-81(93)87-62-66-105-111(100,101)107-73-75(89-83(95)68-77(91)54-48-44-38-34-30-26-20-14-8-2)71-103-64-60-79(56-50-42-24-18-12-6)109-85(97)58-52-46-40-36-32-28-22-16-10-4;;;;/h74-75,78-79H,7-73H2,1-6H3,(H,86,92)(H,87,93)(H,88,94)(H,89,95)(H,98,99)(H,100,101);;;;/q;2*+1;2*-1/t74-,75+,78-,79-;;;;/m1..../s1. The van der Waals surface area contributed by atoms with Crippen LogP contribution in [-0.2, 0) is 84.5 Å². The number of unbranched alkanes of at least 4 members (excludes halogenated alkanes) is 40. The number of amides is 4. The van der Waals surface area contributed by atoms with Crippen LogP contribution in [0.5, 0.6) is 0 Å². The Morgan fingerprint density at radius 1 is 0.301 bits per heavy atom. The zero-order valence-electron chi connectivity index (χ0n) is 74.8. The third-order valence-electron chi connectivity index (χ3n) is 19.8. The van der Waals surface area contributed by atoms with Crippen molar-refractivity contribution in [1.29, 1.82) is 0 Å². The molecule has 0 fully saturated rings. The molecule has 28 heteroatoms. The number of hydrogen-bond acceptors (Lipinski definition) is 18. The third-order valence-corrected chi connectivity index (χ3v) is 21.7. The third kappa shape index (κ3) is 81.1. The van der Waals surface area contributed by atoms with Crippen molar-refractivity contribution in [3.05, 3.63) is 0 Å². The van der Waals surface area contributed by atoms with E-state index in [1.165, 1.54) is 116 Å². The van der Waals surface area contributed by atoms with Gasteiger partial charge in [0.25, 0.3) is 0 Å². The summed E-state index contributed by atoms with van der Waals surface area (Å²) in [5, 5.41) is 10.3. The van der Waals surface area contributed by atoms with Crippen LogP contribution in [0.3, 0.4) is 0 Å². The van der Waals surface area contributed by atoms with Crippen molar-refractivity contribution in [3.8, 4) is 0 Å². The number of nitrogens with one attached hydrogen (secondary N) is 4. The molecule has 0 aliphatic carbocycles. The summed E-state index contributed by atoms with van der Waals surface area (Å²) >= 11 is 0. The van der Waals surface area contributed by atoms with Gasteiger partial charge in [0, 0.05) is 51.6 Å². The first kappa shape index (κ1) is 115. The van der Waals surface area contributed by atoms with E-state index in [0.29, 0.717) is 51.4 Å². The largest absolute Gasteiger partial charge is 1.00 e. The average Bonchev–Trinajstić information content (AvgIpc) is 0.907. The first-order valence-electron chi connectivity index (χ1n) is 44.6. The van der Waals surface area contributed by atoms with Crippen LogP contribution in [0, 0.1) is 0 Å². The van der Waals surface area contributed by atoms with E-state index in [1.807, 2.05) is 0 Å². The maximum atomic E-state index is 13.3. The molecule has 0 aliphatic rings. The number of Topliss-reactive ketones (excluding diaryl/α,β-unsaturated/α-hetero) is 2. The van der Waals surface area contributed by atoms with Gasteiger partial charge in [-0.15, -0.1) is 0 Å². The van der Waals surface area contributed by atoms with E-state index in [1.54, 1.807) is 0 Å². The average molecular weight is 1670 g/mol. The molecule has 113 heavy (non-hydrogen) atoms. The van der Waals surface area contributed by atoms with E-state index in [4.69, 9.17) is 37.0 Å². The van der Waals surface area contributed by atoms with Gasteiger partial charge in [-0.2, -0.15) is 0 Å². The van der Waals surface area contributed by atoms with Gasteiger partial charge in [-0.05, 0) is 51.4 Å². The summed E-state index contributed by atoms with van der Waals surface area (Å²) in [5.74, 6) is -3.72. The molecule has 0 rings (SSSR count). The second kappa shape index (κ2) is 83.9. The molecule has 0 saturated heterocycles. The summed E-state index contributed by atoms with van der Waals surface area (Å²) in [6, 6.07) is -1.99. The number of rotatable bonds is 86. The van der Waals surface area contributed by atoms with Gasteiger partial charge in [0.2, 0.25) is 23.6 Å². The zero-order chi connectivity index (χ0) is 81.8. The van der Waals surface area contributed by atoms with Gasteiger partial charge in [-0.1, -0.05) is 298 Å². The predicted molar refractivity (Wildman–Crippen MR) is 444 cm³/mol. The fourth-order valence-corrected chi connectivity index (χ4v) is 14.6. The zero-order valence-corrected chi connectivity index (χ0v) is 78.6. The van der Waals surface area contributed by atoms with Crippen molar-refractivity contribution in [2.75, 3.05) is 65.9 Å². The first-order chi connectivity index (χ1) is 53.7. The van der Waals surface area contributed by atoms with Crippen molar-refractivity contribution in [2.45, 2.75) is 432 Å². The number of hydrogen-bond donors (Lipinski definition) is 6. The van der Waals surface area contributed by atoms with Crippen molar-refractivity contribution >= 4 is 62.8 Å². The summed E-state index contributed by atoms with van der Waals surface area (Å²) in [6.07, 6.45) is 51.3. The number of esters is 2. The van der Waals surface area contributed by atoms with Gasteiger partial charge in [0.1, 0.15) is 30.2 Å². The number of ketones is 2. The van der Waals surface area contributed by atoms with E-state index in [9.17, 15) is 57.3 Å². The molecular formula is C85H164N4Na2O20P2. The maximum absolute atomic E-state index is 13.3. The minimum absolute atomic E-state index is 0. The number of ether oxygens (including phenoxy) is 4. The molecule has 656 valence electrons. The van der Waals surface area contributed by atoms with E-state index < -0.39 is 97.0 Å². The molecule has 0 spiro atoms. The van der Waals surface area contributed by atoms with Crippen LogP contribution < -0.4 is 80.4 Å². The molecule has 0 aromatic carbocycles. The van der Waals surface area contributed by atoms with Gasteiger partial charge in [-0.3, -0.25) is 56.5 Å². The van der Waals surface area contributed by atoms with Crippen LogP contribution in [0.2, 0.25) is 0 Å². The Morgan fingerprint density at radius 3 is 0.841 bits per heavy atom. The summed E-state index contributed by atoms with van der Waals surface area (Å²) in [4.78, 5) is 125. The van der Waals surface area contributed by atoms with Gasteiger partial charge in [0.05, 0.1) is 77.8 Å². The normalized spacial score (nSPS) is 13.5. The van der Waals surface area contributed by atoms with E-state index in [2.05, 4.69) is 62.8 Å². The van der Waals surface area contributed by atoms with Crippen molar-refractivity contribution in [1.82, 2.24) is 21.3 Å². The van der Waals surface area contributed by atoms with Crippen LogP contribution >= 0.6 is 15.6 Å². The Balaban J connectivity index is -0.0000101. The quantitative estimate of drug-likeness (QED) is 0.0108. The van der Waals surface area contributed by atoms with Gasteiger partial charge in [-0.25, -0.2) is 9.13 Å². The first-order valence-corrected chi connectivity index (χ1v) is 47.6. The Morgan fingerprint density at radius 2 is 0.558 bits per heavy atom. The molecular weight excluding hydrogens is 1500 g/mol. The van der Waals surface area contributed by atoms with Gasteiger partial charge < -0.3 is 52.9 Å². The molecule has 0 bridgehead atoms. The SMILES string of the molecule is CCCCCCCCCCCC(=O)CC(=O)N[C@H](COCC[C@@H](CCCCCCC)OC(=O)CCCCCCCCCCC)COP(=O)(O)OCCNC(=O)CC(=O)NCCOP(=O)(O)OC[C@H](COCC[C@@H](CCCCCCC)OC(=O)CCCCCCCCCCC)NC(=O)CC(=O)CCCCCCCCCCC.[H-].[H-].[Na+].[Na+]. The molecule has 0 aromatic heterocycles. The Hall–Kier alpha value is -1.70. The van der Waals surface area contributed by atoms with Crippen molar-refractivity contribution < 1.29 is 156 Å². The monoisotopic (exact) mass is 1670 g/mol. The van der Waals surface area contributed by atoms with E-state index in [-0.39, 0.29) is 150 Å². The summed E-state index contributed by atoms with van der Waals surface area (Å²) in [5.41, 5.74) is 0. The summed E-state index contributed by atoms with van der Waals surface area (Å²) in [6.45, 7) is 10.2. The molecule has 0 aromatic rings. The Kier molecular flexibility index (Phi) is 85.7. The maximum Gasteiger partial charge on any atom is 1.00 e. The molecule has 6 N–H and O–H groups in total. The van der Waals surface area contributed by atoms with Crippen LogP contribution in [0.4, 0.5) is 0 Å². The second-order valence-corrected chi connectivity index (χ2v) is 33.6. The number of carbonyl (C=O) groups excluding carboxylic acids is 8. The molecule has 0 heterocycles. The molecule has 0 radical (unpaired) electrons. The smallest absolute Gasteiger partial charge is 1.00 e. The molecule has 2 unspecified atom stereocenters. The van der Waals surface area contributed by atoms with Crippen molar-refractivity contribution in [2.24, 2.45) is 0 Å². The predicted octanol–water partition coefficient (Wildman–Crippen LogP) is 14.0. The van der Waals surface area contributed by atoms with E-state index >= 15 is 0 Å². The summed E-state index contributed by atoms with van der Waals surface area (Å²) < 4.78 is 71.1. The number of phosphoric acid groups is 2. The van der Waals surface area contributed by atoms with Gasteiger partial charge >= 0.3 is 86.7 Å². The topological polar surface area (TPSA) is 333 Å². The number of phosphoric ester groups is 2. The minimum atomic E-state index is -4.82.